The molecule has 1 amide bonds. The molecule has 2 atom stereocenters. The number of carbonyl (C=O) groups is 1. The highest BCUT2D eigenvalue weighted by atomic mass is 19.1. The molecule has 2 aromatic rings. The highest BCUT2D eigenvalue weighted by molar-refractivity contribution is 5.92. The summed E-state index contributed by atoms with van der Waals surface area (Å²) in [7, 11) is 0. The molecule has 0 spiro atoms. The number of para-hydroxylation sites is 1. The predicted octanol–water partition coefficient (Wildman–Crippen LogP) is 2.21. The largest absolute Gasteiger partial charge is 0.333 e. The van der Waals surface area contributed by atoms with Crippen LogP contribution in [0.1, 0.15) is 30.3 Å². The lowest BCUT2D eigenvalue weighted by atomic mass is 9.90. The Morgan fingerprint density at radius 3 is 2.91 bits per heavy atom. The van der Waals surface area contributed by atoms with Crippen LogP contribution in [0.4, 0.5) is 4.39 Å². The van der Waals surface area contributed by atoms with Crippen molar-refractivity contribution in [3.8, 4) is 5.69 Å². The van der Waals surface area contributed by atoms with Gasteiger partial charge in [0.15, 0.2) is 5.69 Å². The highest BCUT2D eigenvalue weighted by Crippen LogP contribution is 2.24. The van der Waals surface area contributed by atoms with Crippen LogP contribution in [0.15, 0.2) is 36.5 Å². The van der Waals surface area contributed by atoms with Crippen molar-refractivity contribution in [2.45, 2.75) is 25.8 Å². The molecule has 0 bridgehead atoms. The standard InChI is InChI=1S/C17H21FN4O/c1-12-5-4-9-21(16(12)11-19)17(23)14-8-10-22(20-14)15-7-3-2-6-13(15)18/h2-3,6-8,10,12,16H,4-5,9,11,19H2,1H3. The van der Waals surface area contributed by atoms with Crippen LogP contribution in [0, 0.1) is 11.7 Å². The molecule has 1 aromatic carbocycles. The number of carbonyl (C=O) groups excluding carboxylic acids is 1. The molecule has 1 saturated heterocycles. The van der Waals surface area contributed by atoms with Crippen molar-refractivity contribution in [2.75, 3.05) is 13.1 Å². The van der Waals surface area contributed by atoms with E-state index in [1.165, 1.54) is 10.7 Å². The lowest BCUT2D eigenvalue weighted by Crippen LogP contribution is -2.51. The van der Waals surface area contributed by atoms with Gasteiger partial charge in [-0.25, -0.2) is 9.07 Å². The van der Waals surface area contributed by atoms with Crippen molar-refractivity contribution in [1.29, 1.82) is 0 Å². The van der Waals surface area contributed by atoms with Gasteiger partial charge in [0.05, 0.1) is 0 Å². The summed E-state index contributed by atoms with van der Waals surface area (Å²) in [4.78, 5) is 14.6. The van der Waals surface area contributed by atoms with Crippen molar-refractivity contribution < 1.29 is 9.18 Å². The Bertz CT molecular complexity index is 699. The summed E-state index contributed by atoms with van der Waals surface area (Å²) < 4.78 is 15.2. The molecule has 122 valence electrons. The Morgan fingerprint density at radius 2 is 2.17 bits per heavy atom. The maximum absolute atomic E-state index is 13.8. The van der Waals surface area contributed by atoms with Crippen molar-refractivity contribution in [3.05, 3.63) is 48.0 Å². The van der Waals surface area contributed by atoms with Crippen LogP contribution in [0.5, 0.6) is 0 Å². The molecule has 0 radical (unpaired) electrons. The zero-order valence-corrected chi connectivity index (χ0v) is 13.2. The normalized spacial score (nSPS) is 21.4. The zero-order valence-electron chi connectivity index (χ0n) is 13.2. The molecule has 0 aliphatic carbocycles. The molecule has 2 heterocycles. The number of nitrogens with zero attached hydrogens (tertiary/aromatic N) is 3. The third kappa shape index (κ3) is 2.99. The van der Waals surface area contributed by atoms with Gasteiger partial charge >= 0.3 is 0 Å². The van der Waals surface area contributed by atoms with E-state index in [1.54, 1.807) is 30.5 Å². The van der Waals surface area contributed by atoms with Crippen LogP contribution in [0.25, 0.3) is 5.69 Å². The van der Waals surface area contributed by atoms with Gasteiger partial charge in [0.1, 0.15) is 11.5 Å². The van der Waals surface area contributed by atoms with E-state index >= 15 is 0 Å². The van der Waals surface area contributed by atoms with E-state index in [9.17, 15) is 9.18 Å². The molecule has 5 nitrogen and oxygen atoms in total. The van der Waals surface area contributed by atoms with Crippen molar-refractivity contribution in [3.63, 3.8) is 0 Å². The summed E-state index contributed by atoms with van der Waals surface area (Å²) in [5.74, 6) is -0.130. The smallest absolute Gasteiger partial charge is 0.274 e. The van der Waals surface area contributed by atoms with Crippen LogP contribution >= 0.6 is 0 Å². The van der Waals surface area contributed by atoms with E-state index < -0.39 is 0 Å². The molecule has 1 aliphatic rings. The van der Waals surface area contributed by atoms with Crippen LogP contribution in [-0.2, 0) is 0 Å². The molecular formula is C17H21FN4O. The van der Waals surface area contributed by atoms with Gasteiger partial charge in [0.2, 0.25) is 0 Å². The minimum Gasteiger partial charge on any atom is -0.333 e. The molecule has 0 saturated carbocycles. The van der Waals surface area contributed by atoms with E-state index in [0.717, 1.165) is 12.8 Å². The van der Waals surface area contributed by atoms with Crippen molar-refractivity contribution in [1.82, 2.24) is 14.7 Å². The van der Waals surface area contributed by atoms with E-state index in [2.05, 4.69) is 12.0 Å². The van der Waals surface area contributed by atoms with E-state index in [4.69, 9.17) is 5.73 Å². The quantitative estimate of drug-likeness (QED) is 0.944. The van der Waals surface area contributed by atoms with Gasteiger partial charge in [0.25, 0.3) is 5.91 Å². The fourth-order valence-corrected chi connectivity index (χ4v) is 3.22. The van der Waals surface area contributed by atoms with Gasteiger partial charge in [-0.15, -0.1) is 0 Å². The topological polar surface area (TPSA) is 64.2 Å². The molecule has 3 rings (SSSR count). The number of halogens is 1. The fourth-order valence-electron chi connectivity index (χ4n) is 3.22. The Morgan fingerprint density at radius 1 is 1.39 bits per heavy atom. The number of nitrogens with two attached hydrogens (primary N) is 1. The third-order valence-corrected chi connectivity index (χ3v) is 4.53. The molecule has 1 aliphatic heterocycles. The third-order valence-electron chi connectivity index (χ3n) is 4.53. The van der Waals surface area contributed by atoms with Crippen molar-refractivity contribution in [2.24, 2.45) is 11.7 Å². The number of rotatable bonds is 3. The van der Waals surface area contributed by atoms with Crippen molar-refractivity contribution >= 4 is 5.91 Å². The molecule has 1 fully saturated rings. The fraction of sp³-hybridized carbons (Fsp3) is 0.412. The number of hydrogen-bond acceptors (Lipinski definition) is 3. The minimum atomic E-state index is -0.374. The van der Waals surface area contributed by atoms with Gasteiger partial charge < -0.3 is 10.6 Å². The van der Waals surface area contributed by atoms with Crippen LogP contribution in [0.2, 0.25) is 0 Å². The number of aromatic nitrogens is 2. The lowest BCUT2D eigenvalue weighted by Gasteiger charge is -2.39. The monoisotopic (exact) mass is 316 g/mol. The number of piperidine rings is 1. The zero-order chi connectivity index (χ0) is 16.4. The summed E-state index contributed by atoms with van der Waals surface area (Å²) in [6.45, 7) is 3.26. The van der Waals surface area contributed by atoms with E-state index in [0.29, 0.717) is 30.4 Å². The average molecular weight is 316 g/mol. The summed E-state index contributed by atoms with van der Waals surface area (Å²) in [5, 5.41) is 4.25. The first kappa shape index (κ1) is 15.7. The molecule has 2 N–H and O–H groups in total. The van der Waals surface area contributed by atoms with Gasteiger partial charge in [-0.1, -0.05) is 19.1 Å². The number of likely N-dealkylation sites (tertiary alicyclic amines) is 1. The second kappa shape index (κ2) is 6.50. The Labute approximate surface area is 134 Å². The lowest BCUT2D eigenvalue weighted by molar-refractivity contribution is 0.0526. The van der Waals surface area contributed by atoms with Crippen LogP contribution in [0.3, 0.4) is 0 Å². The molecule has 1 aromatic heterocycles. The maximum atomic E-state index is 13.8. The maximum Gasteiger partial charge on any atom is 0.274 e. The van der Waals surface area contributed by atoms with Gasteiger partial charge in [-0.05, 0) is 37.0 Å². The van der Waals surface area contributed by atoms with Gasteiger partial charge in [-0.3, -0.25) is 4.79 Å². The second-order valence-corrected chi connectivity index (χ2v) is 6.02. The Kier molecular flexibility index (Phi) is 4.43. The second-order valence-electron chi connectivity index (χ2n) is 6.02. The molecule has 2 unspecified atom stereocenters. The van der Waals surface area contributed by atoms with E-state index in [-0.39, 0.29) is 17.8 Å². The summed E-state index contributed by atoms with van der Waals surface area (Å²) in [5.41, 5.74) is 6.49. The summed E-state index contributed by atoms with van der Waals surface area (Å²) >= 11 is 0. The molecular weight excluding hydrogens is 295 g/mol. The minimum absolute atomic E-state index is 0.0369. The Balaban J connectivity index is 1.85. The first-order chi connectivity index (χ1) is 11.1. The summed E-state index contributed by atoms with van der Waals surface area (Å²) in [6.07, 6.45) is 3.66. The van der Waals surface area contributed by atoms with Crippen LogP contribution in [-0.4, -0.2) is 39.7 Å². The first-order valence-electron chi connectivity index (χ1n) is 7.93. The molecule has 6 heteroatoms. The van der Waals surface area contributed by atoms with Gasteiger partial charge in [-0.2, -0.15) is 5.10 Å². The number of benzene rings is 1. The highest BCUT2D eigenvalue weighted by Gasteiger charge is 2.32. The first-order valence-corrected chi connectivity index (χ1v) is 7.93. The Hall–Kier alpha value is -2.21. The number of hydrogen-bond donors (Lipinski definition) is 1. The van der Waals surface area contributed by atoms with E-state index in [1.807, 2.05) is 4.90 Å². The number of amides is 1. The SMILES string of the molecule is CC1CCCN(C(=O)c2ccn(-c3ccccc3F)n2)C1CN. The molecule has 23 heavy (non-hydrogen) atoms. The van der Waals surface area contributed by atoms with Crippen LogP contribution < -0.4 is 5.73 Å². The van der Waals surface area contributed by atoms with Gasteiger partial charge in [0, 0.05) is 25.3 Å². The summed E-state index contributed by atoms with van der Waals surface area (Å²) in [6, 6.07) is 8.02. The predicted molar refractivity (Wildman–Crippen MR) is 85.8 cm³/mol. The average Bonchev–Trinajstić information content (AvgIpc) is 3.04.